The molecular weight excluding hydrogens is 458 g/mol. The van der Waals surface area contributed by atoms with Gasteiger partial charge < -0.3 is 15.4 Å². The second kappa shape index (κ2) is 10.3. The van der Waals surface area contributed by atoms with E-state index in [0.29, 0.717) is 16.9 Å². The number of nitrogens with zero attached hydrogens (tertiary/aromatic N) is 3. The van der Waals surface area contributed by atoms with Crippen molar-refractivity contribution in [2.75, 3.05) is 23.5 Å². The molecule has 0 aliphatic heterocycles. The molecule has 4 rings (SSSR count). The third-order valence-corrected chi connectivity index (χ3v) is 7.88. The number of amides is 1. The number of ether oxygens (including phenoxy) is 1. The Morgan fingerprint density at radius 2 is 2.00 bits per heavy atom. The van der Waals surface area contributed by atoms with Crippen LogP contribution in [0.3, 0.4) is 0 Å². The van der Waals surface area contributed by atoms with Gasteiger partial charge in [0.1, 0.15) is 5.82 Å². The van der Waals surface area contributed by atoms with Gasteiger partial charge in [-0.05, 0) is 55.5 Å². The van der Waals surface area contributed by atoms with Gasteiger partial charge in [-0.25, -0.2) is 14.0 Å². The smallest absolute Gasteiger partial charge is 0.442 e. The molecule has 0 saturated heterocycles. The van der Waals surface area contributed by atoms with Crippen LogP contribution in [0.2, 0.25) is 0 Å². The topological polar surface area (TPSA) is 106 Å². The minimum Gasteiger partial charge on any atom is -0.448 e. The van der Waals surface area contributed by atoms with Gasteiger partial charge in [0.15, 0.2) is 0 Å². The molecule has 0 spiro atoms. The summed E-state index contributed by atoms with van der Waals surface area (Å²) in [7, 11) is -2.89. The van der Waals surface area contributed by atoms with Crippen molar-refractivity contribution in [3.8, 4) is 10.4 Å². The summed E-state index contributed by atoms with van der Waals surface area (Å²) in [6, 6.07) is 11.4. The van der Waals surface area contributed by atoms with Crippen LogP contribution in [0.25, 0.3) is 10.4 Å². The predicted octanol–water partition coefficient (Wildman–Crippen LogP) is 5.92. The third kappa shape index (κ3) is 5.88. The van der Waals surface area contributed by atoms with Crippen molar-refractivity contribution >= 4 is 44.6 Å². The van der Waals surface area contributed by atoms with Crippen LogP contribution in [0, 0.1) is 0 Å². The van der Waals surface area contributed by atoms with E-state index in [-0.39, 0.29) is 6.61 Å². The first-order valence-electron chi connectivity index (χ1n) is 10.9. The van der Waals surface area contributed by atoms with Gasteiger partial charge in [-0.2, -0.15) is 4.98 Å². The maximum atomic E-state index is 12.8. The third-order valence-electron chi connectivity index (χ3n) is 5.34. The number of hydrogen-bond acceptors (Lipinski definition) is 8. The number of rotatable bonds is 7. The summed E-state index contributed by atoms with van der Waals surface area (Å²) in [5, 5.41) is 8.85. The molecule has 1 saturated carbocycles. The normalized spacial score (nSPS) is 15.6. The molecule has 1 fully saturated rings. The molecule has 10 heteroatoms. The Labute approximate surface area is 198 Å². The molecule has 1 amide bonds. The molecular formula is C23H27N5O3S2. The second-order valence-corrected chi connectivity index (χ2v) is 11.0. The van der Waals surface area contributed by atoms with Gasteiger partial charge in [-0.15, -0.1) is 15.7 Å². The van der Waals surface area contributed by atoms with Gasteiger partial charge in [0, 0.05) is 34.0 Å². The van der Waals surface area contributed by atoms with Crippen LogP contribution in [0.4, 0.5) is 22.2 Å². The minimum atomic E-state index is -2.89. The van der Waals surface area contributed by atoms with Crippen LogP contribution < -0.4 is 10.6 Å². The first-order valence-corrected chi connectivity index (χ1v) is 13.7. The van der Waals surface area contributed by atoms with Crippen LogP contribution >= 0.6 is 11.3 Å². The highest BCUT2D eigenvalue weighted by Gasteiger charge is 2.19. The molecule has 1 unspecified atom stereocenters. The van der Waals surface area contributed by atoms with Gasteiger partial charge in [0.25, 0.3) is 0 Å². The van der Waals surface area contributed by atoms with E-state index < -0.39 is 15.8 Å². The van der Waals surface area contributed by atoms with Crippen molar-refractivity contribution in [3.63, 3.8) is 0 Å². The number of thiophene rings is 1. The van der Waals surface area contributed by atoms with Crippen LogP contribution in [-0.2, 0) is 14.5 Å². The molecule has 3 aromatic rings. The van der Waals surface area contributed by atoms with Gasteiger partial charge in [-0.1, -0.05) is 18.9 Å². The van der Waals surface area contributed by atoms with E-state index in [1.807, 2.05) is 17.6 Å². The van der Waals surface area contributed by atoms with Crippen LogP contribution in [0.5, 0.6) is 0 Å². The van der Waals surface area contributed by atoms with E-state index in [0.717, 1.165) is 34.8 Å². The van der Waals surface area contributed by atoms with Gasteiger partial charge in [-0.3, -0.25) is 0 Å². The molecule has 1 aliphatic rings. The molecule has 0 bridgehead atoms. The second-order valence-electron chi connectivity index (χ2n) is 7.80. The Morgan fingerprint density at radius 3 is 2.67 bits per heavy atom. The summed E-state index contributed by atoms with van der Waals surface area (Å²) in [4.78, 5) is 22.4. The van der Waals surface area contributed by atoms with Crippen LogP contribution in [0.1, 0.15) is 32.6 Å². The lowest BCUT2D eigenvalue weighted by atomic mass is 10.2. The van der Waals surface area contributed by atoms with Crippen molar-refractivity contribution < 1.29 is 13.7 Å². The summed E-state index contributed by atoms with van der Waals surface area (Å²) in [5.74, 6) is 1.29. The number of carbonyl (C=O) groups is 1. The molecule has 1 atom stereocenters. The first-order chi connectivity index (χ1) is 15.9. The number of hydrogen-bond donors (Lipinski definition) is 2. The number of aromatic nitrogens is 2. The van der Waals surface area contributed by atoms with Crippen molar-refractivity contribution in [1.29, 1.82) is 0 Å². The van der Waals surface area contributed by atoms with E-state index in [1.54, 1.807) is 42.5 Å². The molecule has 8 nitrogen and oxygen atoms in total. The number of benzene rings is 1. The molecule has 0 radical (unpaired) electrons. The van der Waals surface area contributed by atoms with Crippen molar-refractivity contribution in [1.82, 2.24) is 9.97 Å². The summed E-state index contributed by atoms with van der Waals surface area (Å²) >= 11 is 1.66. The fourth-order valence-electron chi connectivity index (χ4n) is 3.69. The van der Waals surface area contributed by atoms with Crippen molar-refractivity contribution in [2.45, 2.75) is 43.5 Å². The van der Waals surface area contributed by atoms with Crippen molar-refractivity contribution in [3.05, 3.63) is 48.0 Å². The lowest BCUT2D eigenvalue weighted by Crippen LogP contribution is -2.17. The lowest BCUT2D eigenvalue weighted by Gasteiger charge is -2.16. The highest BCUT2D eigenvalue weighted by molar-refractivity contribution is 7.93. The largest absolute Gasteiger partial charge is 0.448 e. The van der Waals surface area contributed by atoms with E-state index >= 15 is 0 Å². The van der Waals surface area contributed by atoms with E-state index in [1.165, 1.54) is 19.1 Å². The molecule has 2 heterocycles. The molecule has 2 aromatic heterocycles. The Bertz CT molecular complexity index is 1210. The van der Waals surface area contributed by atoms with E-state index in [4.69, 9.17) is 9.72 Å². The Morgan fingerprint density at radius 1 is 1.24 bits per heavy atom. The molecule has 1 aliphatic carbocycles. The SMILES string of the molecule is CCOC(=O)N=S(C)(=O)c1ccc(Nc2ncc(-c3cccs3)c(NC3CCCC3)n2)cc1. The minimum absolute atomic E-state index is 0.184. The summed E-state index contributed by atoms with van der Waals surface area (Å²) in [5.41, 5.74) is 1.73. The van der Waals surface area contributed by atoms with Gasteiger partial charge in [0.05, 0.1) is 21.9 Å². The van der Waals surface area contributed by atoms with Crippen molar-refractivity contribution in [2.24, 2.45) is 4.36 Å². The standard InChI is InChI=1S/C23H27N5O3S2/c1-3-31-23(29)28-33(2,30)18-12-10-17(11-13-18)26-22-24-15-19(20-9-6-14-32-20)21(27-22)25-16-7-4-5-8-16/h6,9-16H,3-5,7-8H2,1-2H3,(H2,24,25,26,27). The highest BCUT2D eigenvalue weighted by Crippen LogP contribution is 2.33. The van der Waals surface area contributed by atoms with E-state index in [2.05, 4.69) is 26.0 Å². The summed E-state index contributed by atoms with van der Waals surface area (Å²) in [6.45, 7) is 1.86. The van der Waals surface area contributed by atoms with Gasteiger partial charge in [0.2, 0.25) is 5.95 Å². The fraction of sp³-hybridized carbons (Fsp3) is 0.348. The summed E-state index contributed by atoms with van der Waals surface area (Å²) in [6.07, 6.45) is 7.18. The number of anilines is 3. The molecule has 1 aromatic carbocycles. The fourth-order valence-corrected chi connectivity index (χ4v) is 5.51. The number of nitrogens with one attached hydrogen (secondary N) is 2. The molecule has 33 heavy (non-hydrogen) atoms. The quantitative estimate of drug-likeness (QED) is 0.428. The zero-order chi connectivity index (χ0) is 23.3. The molecule has 174 valence electrons. The number of carbonyl (C=O) groups excluding carboxylic acids is 1. The first kappa shape index (κ1) is 23.2. The lowest BCUT2D eigenvalue weighted by molar-refractivity contribution is 0.164. The monoisotopic (exact) mass is 485 g/mol. The van der Waals surface area contributed by atoms with E-state index in [9.17, 15) is 9.00 Å². The highest BCUT2D eigenvalue weighted by atomic mass is 32.2. The summed E-state index contributed by atoms with van der Waals surface area (Å²) < 4.78 is 21.3. The maximum Gasteiger partial charge on any atom is 0.442 e. The predicted molar refractivity (Wildman–Crippen MR) is 133 cm³/mol. The average molecular weight is 486 g/mol. The average Bonchev–Trinajstić information content (AvgIpc) is 3.49. The van der Waals surface area contributed by atoms with Crippen LogP contribution in [-0.4, -0.2) is 39.2 Å². The molecule has 2 N–H and O–H groups in total. The maximum absolute atomic E-state index is 12.8. The zero-order valence-electron chi connectivity index (χ0n) is 18.6. The Kier molecular flexibility index (Phi) is 7.24. The van der Waals surface area contributed by atoms with Crippen LogP contribution in [0.15, 0.2) is 57.2 Å². The van der Waals surface area contributed by atoms with Gasteiger partial charge >= 0.3 is 6.09 Å². The zero-order valence-corrected chi connectivity index (χ0v) is 20.2. The Hall–Kier alpha value is -2.98. The Balaban J connectivity index is 1.55.